The van der Waals surface area contributed by atoms with Crippen LogP contribution in [-0.4, -0.2) is 66.0 Å². The Labute approximate surface area is 275 Å². The minimum atomic E-state index is -0.00154. The van der Waals surface area contributed by atoms with E-state index in [1.807, 2.05) is 0 Å². The summed E-state index contributed by atoms with van der Waals surface area (Å²) in [6, 6.07) is 0. The molecule has 0 aromatic rings. The maximum Gasteiger partial charge on any atom is 0.179 e. The van der Waals surface area contributed by atoms with Crippen molar-refractivity contribution in [2.75, 3.05) is 59.9 Å². The van der Waals surface area contributed by atoms with Crippen LogP contribution in [0.5, 0.6) is 0 Å². The number of ether oxygens (including phenoxy) is 5. The van der Waals surface area contributed by atoms with Gasteiger partial charge in [-0.3, -0.25) is 0 Å². The third kappa shape index (κ3) is 35.7. The zero-order valence-corrected chi connectivity index (χ0v) is 30.0. The van der Waals surface area contributed by atoms with Gasteiger partial charge in [0.15, 0.2) is 5.88 Å². The summed E-state index contributed by atoms with van der Waals surface area (Å²) in [7, 11) is 1.67. The van der Waals surface area contributed by atoms with Gasteiger partial charge in [-0.1, -0.05) is 155 Å². The Morgan fingerprint density at radius 1 is 0.500 bits per heavy atom. The summed E-state index contributed by atoms with van der Waals surface area (Å²) < 4.78 is 28.4. The molecule has 44 heavy (non-hydrogen) atoms. The van der Waals surface area contributed by atoms with E-state index in [4.69, 9.17) is 23.7 Å². The van der Waals surface area contributed by atoms with Crippen LogP contribution >= 0.6 is 0 Å². The minimum Gasteiger partial charge on any atom is -0.477 e. The van der Waals surface area contributed by atoms with Crippen molar-refractivity contribution in [1.82, 2.24) is 5.32 Å². The molecule has 264 valence electrons. The molecule has 6 heteroatoms. The highest BCUT2D eigenvalue weighted by Gasteiger charge is 2.11. The van der Waals surface area contributed by atoms with E-state index in [0.717, 1.165) is 26.1 Å². The molecule has 0 heterocycles. The molecule has 1 atom stereocenters. The van der Waals surface area contributed by atoms with Gasteiger partial charge in [-0.25, -0.2) is 0 Å². The van der Waals surface area contributed by atoms with E-state index in [2.05, 4.69) is 25.7 Å². The molecule has 0 aliphatic rings. The van der Waals surface area contributed by atoms with Gasteiger partial charge in [0, 0.05) is 26.9 Å². The number of hydrogen-bond acceptors (Lipinski definition) is 6. The largest absolute Gasteiger partial charge is 0.477 e. The summed E-state index contributed by atoms with van der Waals surface area (Å²) >= 11 is 0. The highest BCUT2D eigenvalue weighted by Crippen LogP contribution is 2.13. The van der Waals surface area contributed by atoms with Crippen LogP contribution in [0.2, 0.25) is 0 Å². The van der Waals surface area contributed by atoms with Crippen molar-refractivity contribution in [1.29, 1.82) is 0 Å². The fraction of sp³-hybridized carbons (Fsp3) is 0.947. The lowest BCUT2D eigenvalue weighted by Crippen LogP contribution is -2.33. The third-order valence-electron chi connectivity index (χ3n) is 8.26. The molecule has 0 aromatic carbocycles. The molecule has 0 fully saturated rings. The molecule has 0 aliphatic heterocycles. The SMILES string of the molecule is C=C(NCC(COCCCCCCCCCCCCCC)OCCCCCCCCCCCCCC)OCCOCCOC. The quantitative estimate of drug-likeness (QED) is 0.0540. The summed E-state index contributed by atoms with van der Waals surface area (Å²) in [6.07, 6.45) is 32.5. The number of rotatable bonds is 39. The lowest BCUT2D eigenvalue weighted by atomic mass is 10.1. The molecule has 0 saturated carbocycles. The summed E-state index contributed by atoms with van der Waals surface area (Å²) in [5.41, 5.74) is 0. The van der Waals surface area contributed by atoms with E-state index in [9.17, 15) is 0 Å². The van der Waals surface area contributed by atoms with Crippen molar-refractivity contribution < 1.29 is 23.7 Å². The van der Waals surface area contributed by atoms with E-state index in [1.54, 1.807) is 7.11 Å². The van der Waals surface area contributed by atoms with Crippen molar-refractivity contribution in [2.24, 2.45) is 0 Å². The van der Waals surface area contributed by atoms with Crippen molar-refractivity contribution in [3.63, 3.8) is 0 Å². The average Bonchev–Trinajstić information content (AvgIpc) is 3.03. The molecule has 0 amide bonds. The highest BCUT2D eigenvalue weighted by atomic mass is 16.5. The van der Waals surface area contributed by atoms with Gasteiger partial charge in [-0.2, -0.15) is 0 Å². The van der Waals surface area contributed by atoms with Crippen LogP contribution in [-0.2, 0) is 23.7 Å². The first-order chi connectivity index (χ1) is 21.7. The predicted molar refractivity (Wildman–Crippen MR) is 189 cm³/mol. The van der Waals surface area contributed by atoms with Gasteiger partial charge in [-0.15, -0.1) is 0 Å². The van der Waals surface area contributed by atoms with E-state index in [0.29, 0.717) is 45.5 Å². The Morgan fingerprint density at radius 2 is 0.932 bits per heavy atom. The van der Waals surface area contributed by atoms with Crippen LogP contribution in [0.4, 0.5) is 0 Å². The van der Waals surface area contributed by atoms with Crippen LogP contribution in [0.1, 0.15) is 168 Å². The van der Waals surface area contributed by atoms with Crippen molar-refractivity contribution in [2.45, 2.75) is 174 Å². The van der Waals surface area contributed by atoms with Gasteiger partial charge < -0.3 is 29.0 Å². The second-order valence-corrected chi connectivity index (χ2v) is 12.6. The van der Waals surface area contributed by atoms with Gasteiger partial charge in [-0.05, 0) is 19.4 Å². The van der Waals surface area contributed by atoms with E-state index >= 15 is 0 Å². The number of nitrogens with one attached hydrogen (secondary N) is 1. The average molecular weight is 628 g/mol. The van der Waals surface area contributed by atoms with E-state index in [1.165, 1.54) is 141 Å². The lowest BCUT2D eigenvalue weighted by Gasteiger charge is -2.20. The molecule has 0 aliphatic carbocycles. The molecule has 1 unspecified atom stereocenters. The molecular formula is C38H77NO5. The normalized spacial score (nSPS) is 12.1. The number of unbranched alkanes of at least 4 members (excludes halogenated alkanes) is 22. The van der Waals surface area contributed by atoms with Crippen LogP contribution in [0.3, 0.4) is 0 Å². The highest BCUT2D eigenvalue weighted by molar-refractivity contribution is 4.80. The lowest BCUT2D eigenvalue weighted by molar-refractivity contribution is -0.0193. The van der Waals surface area contributed by atoms with Crippen LogP contribution < -0.4 is 5.32 Å². The van der Waals surface area contributed by atoms with Crippen LogP contribution in [0.15, 0.2) is 12.5 Å². The second kappa shape index (κ2) is 38.4. The van der Waals surface area contributed by atoms with Crippen LogP contribution in [0.25, 0.3) is 0 Å². The smallest absolute Gasteiger partial charge is 0.179 e. The minimum absolute atomic E-state index is 0.00154. The molecule has 0 bridgehead atoms. The van der Waals surface area contributed by atoms with Crippen molar-refractivity contribution in [3.8, 4) is 0 Å². The molecule has 0 spiro atoms. The zero-order valence-electron chi connectivity index (χ0n) is 30.0. The summed E-state index contributed by atoms with van der Waals surface area (Å²) in [6.45, 7) is 13.6. The van der Waals surface area contributed by atoms with Gasteiger partial charge in [0.25, 0.3) is 0 Å². The standard InChI is InChI=1S/C38H77NO5/c1-5-7-9-11-13-15-17-19-21-23-25-27-29-42-36-38(35-39-37(3)43-34-33-41-32-31-40-4)44-30-28-26-24-22-20-18-16-14-12-10-8-6-2/h38-39H,3,5-36H2,1-2,4H3. The Bertz CT molecular complexity index is 547. The summed E-state index contributed by atoms with van der Waals surface area (Å²) in [5, 5.41) is 3.28. The first-order valence-corrected chi connectivity index (χ1v) is 19.1. The molecule has 1 N–H and O–H groups in total. The maximum atomic E-state index is 6.24. The topological polar surface area (TPSA) is 58.2 Å². The van der Waals surface area contributed by atoms with Gasteiger partial charge in [0.2, 0.25) is 0 Å². The number of hydrogen-bond donors (Lipinski definition) is 1. The molecule has 0 radical (unpaired) electrons. The summed E-state index contributed by atoms with van der Waals surface area (Å²) in [4.78, 5) is 0. The molecule has 0 aromatic heterocycles. The number of methoxy groups -OCH3 is 1. The molecule has 0 saturated heterocycles. The summed E-state index contributed by atoms with van der Waals surface area (Å²) in [5.74, 6) is 0.556. The monoisotopic (exact) mass is 628 g/mol. The maximum absolute atomic E-state index is 6.24. The fourth-order valence-corrected chi connectivity index (χ4v) is 5.37. The van der Waals surface area contributed by atoms with Gasteiger partial charge in [0.1, 0.15) is 6.61 Å². The predicted octanol–water partition coefficient (Wildman–Crippen LogP) is 10.5. The fourth-order valence-electron chi connectivity index (χ4n) is 5.37. The second-order valence-electron chi connectivity index (χ2n) is 12.6. The van der Waals surface area contributed by atoms with Gasteiger partial charge >= 0.3 is 0 Å². The van der Waals surface area contributed by atoms with E-state index in [-0.39, 0.29) is 6.10 Å². The van der Waals surface area contributed by atoms with Crippen molar-refractivity contribution >= 4 is 0 Å². The Hall–Kier alpha value is -0.820. The third-order valence-corrected chi connectivity index (χ3v) is 8.26. The van der Waals surface area contributed by atoms with Crippen molar-refractivity contribution in [3.05, 3.63) is 12.5 Å². The van der Waals surface area contributed by atoms with Gasteiger partial charge in [0.05, 0.1) is 32.5 Å². The Kier molecular flexibility index (Phi) is 37.6. The molecule has 0 rings (SSSR count). The molecule has 6 nitrogen and oxygen atoms in total. The first-order valence-electron chi connectivity index (χ1n) is 19.1. The Morgan fingerprint density at radius 3 is 1.41 bits per heavy atom. The van der Waals surface area contributed by atoms with E-state index < -0.39 is 0 Å². The molecular weight excluding hydrogens is 550 g/mol. The van der Waals surface area contributed by atoms with Crippen LogP contribution in [0, 0.1) is 0 Å². The zero-order chi connectivity index (χ0) is 32.0. The first kappa shape index (κ1) is 43.2. The Balaban J connectivity index is 3.99.